The molecule has 0 aliphatic carbocycles. The molecule has 4 aromatic rings. The van der Waals surface area contributed by atoms with E-state index < -0.39 is 23.5 Å². The minimum atomic E-state index is -4.65. The highest BCUT2D eigenvalue weighted by molar-refractivity contribution is 6.11. The number of hydrogen-bond acceptors (Lipinski definition) is 5. The summed E-state index contributed by atoms with van der Waals surface area (Å²) in [7, 11) is 0. The number of carbonyl (C=O) groups excluding carboxylic acids is 1. The molecule has 1 aliphatic heterocycles. The molecule has 0 atom stereocenters. The van der Waals surface area contributed by atoms with Gasteiger partial charge in [0.15, 0.2) is 5.69 Å². The van der Waals surface area contributed by atoms with Gasteiger partial charge in [0.25, 0.3) is 5.91 Å². The number of nitrogens with one attached hydrogen (secondary N) is 2. The topological polar surface area (TPSA) is 86.8 Å². The Kier molecular flexibility index (Phi) is 5.29. The summed E-state index contributed by atoms with van der Waals surface area (Å²) in [4.78, 5) is 23.2. The molecule has 5 rings (SSSR count). The summed E-state index contributed by atoms with van der Waals surface area (Å²) in [6, 6.07) is 9.52. The van der Waals surface area contributed by atoms with Crippen LogP contribution in [0.15, 0.2) is 55.0 Å². The molecule has 0 unspecified atom stereocenters. The number of fused-ring (bicyclic) bond motifs is 1. The van der Waals surface area contributed by atoms with Gasteiger partial charge in [0.05, 0.1) is 11.1 Å². The van der Waals surface area contributed by atoms with E-state index in [1.807, 2.05) is 12.3 Å². The fourth-order valence-electron chi connectivity index (χ4n) is 3.80. The van der Waals surface area contributed by atoms with Crippen LogP contribution in [0.25, 0.3) is 22.0 Å². The Hall–Kier alpha value is -3.79. The first-order valence-corrected chi connectivity index (χ1v) is 10.4. The van der Waals surface area contributed by atoms with Crippen LogP contribution in [0, 0.1) is 0 Å². The molecule has 1 aromatic carbocycles. The highest BCUT2D eigenvalue weighted by Gasteiger charge is 2.34. The van der Waals surface area contributed by atoms with E-state index in [0.29, 0.717) is 10.9 Å². The van der Waals surface area contributed by atoms with E-state index in [1.54, 1.807) is 18.3 Å². The van der Waals surface area contributed by atoms with Gasteiger partial charge in [0.1, 0.15) is 5.82 Å². The number of aromatic nitrogens is 4. The Morgan fingerprint density at radius 1 is 1.12 bits per heavy atom. The molecule has 1 fully saturated rings. The first-order chi connectivity index (χ1) is 15.9. The summed E-state index contributed by atoms with van der Waals surface area (Å²) < 4.78 is 39.8. The number of alkyl halides is 3. The highest BCUT2D eigenvalue weighted by atomic mass is 19.4. The first-order valence-electron chi connectivity index (χ1n) is 10.4. The Balaban J connectivity index is 1.45. The zero-order valence-electron chi connectivity index (χ0n) is 17.4. The molecule has 33 heavy (non-hydrogen) atoms. The molecule has 0 saturated carbocycles. The van der Waals surface area contributed by atoms with E-state index in [-0.39, 0.29) is 5.69 Å². The molecule has 4 heterocycles. The van der Waals surface area contributed by atoms with Crippen molar-refractivity contribution < 1.29 is 18.0 Å². The SMILES string of the molecule is O=C(Nc1ncccc1C(F)(F)F)c1n[nH]c2ccc(-c3cncc(CN4CCC4)c3)cc12. The molecule has 0 bridgehead atoms. The molecule has 3 aromatic heterocycles. The molecule has 10 heteroatoms. The standard InChI is InChI=1S/C23H19F3N6O/c24-23(25,26)18-3-1-6-28-21(18)29-22(33)20-17-10-15(4-5-19(17)30-31-20)16-9-14(11-27-12-16)13-32-7-2-8-32/h1,3-6,9-12H,2,7-8,13H2,(H,30,31)(H,28,29,33). The number of aromatic amines is 1. The number of likely N-dealkylation sites (tertiary alicyclic amines) is 1. The van der Waals surface area contributed by atoms with E-state index in [9.17, 15) is 18.0 Å². The minimum Gasteiger partial charge on any atom is -0.305 e. The van der Waals surface area contributed by atoms with Gasteiger partial charge in [-0.05, 0) is 61.0 Å². The van der Waals surface area contributed by atoms with Crippen molar-refractivity contribution in [2.75, 3.05) is 18.4 Å². The number of nitrogens with zero attached hydrogens (tertiary/aromatic N) is 4. The molecular formula is C23H19F3N6O. The van der Waals surface area contributed by atoms with E-state index in [2.05, 4.69) is 36.4 Å². The van der Waals surface area contributed by atoms with Crippen molar-refractivity contribution in [2.24, 2.45) is 0 Å². The molecule has 1 saturated heterocycles. The minimum absolute atomic E-state index is 0.0182. The predicted molar refractivity (Wildman–Crippen MR) is 116 cm³/mol. The number of H-pyrrole nitrogens is 1. The van der Waals surface area contributed by atoms with E-state index in [1.165, 1.54) is 18.7 Å². The molecule has 168 valence electrons. The molecule has 7 nitrogen and oxygen atoms in total. The maximum Gasteiger partial charge on any atom is 0.419 e. The van der Waals surface area contributed by atoms with Gasteiger partial charge in [-0.3, -0.25) is 19.8 Å². The first kappa shape index (κ1) is 21.1. The van der Waals surface area contributed by atoms with Gasteiger partial charge in [0.2, 0.25) is 0 Å². The van der Waals surface area contributed by atoms with E-state index in [4.69, 9.17) is 0 Å². The number of amides is 1. The van der Waals surface area contributed by atoms with Crippen LogP contribution in [0.4, 0.5) is 19.0 Å². The van der Waals surface area contributed by atoms with Gasteiger partial charge in [-0.2, -0.15) is 18.3 Å². The van der Waals surface area contributed by atoms with Crippen molar-refractivity contribution in [1.29, 1.82) is 0 Å². The van der Waals surface area contributed by atoms with Crippen molar-refractivity contribution >= 4 is 22.6 Å². The molecule has 0 spiro atoms. The van der Waals surface area contributed by atoms with Crippen LogP contribution in [0.2, 0.25) is 0 Å². The van der Waals surface area contributed by atoms with Crippen LogP contribution < -0.4 is 5.32 Å². The summed E-state index contributed by atoms with van der Waals surface area (Å²) in [5.41, 5.74) is 2.34. The largest absolute Gasteiger partial charge is 0.419 e. The van der Waals surface area contributed by atoms with Crippen molar-refractivity contribution in [3.63, 3.8) is 0 Å². The summed E-state index contributed by atoms with van der Waals surface area (Å²) in [6.45, 7) is 2.99. The highest BCUT2D eigenvalue weighted by Crippen LogP contribution is 2.34. The van der Waals surface area contributed by atoms with Crippen LogP contribution in [-0.2, 0) is 12.7 Å². The number of hydrogen-bond donors (Lipinski definition) is 2. The lowest BCUT2D eigenvalue weighted by atomic mass is 10.0. The monoisotopic (exact) mass is 452 g/mol. The van der Waals surface area contributed by atoms with Crippen LogP contribution in [0.1, 0.15) is 28.0 Å². The number of benzene rings is 1. The van der Waals surface area contributed by atoms with E-state index >= 15 is 0 Å². The second-order valence-electron chi connectivity index (χ2n) is 7.90. The molecule has 1 aliphatic rings. The maximum atomic E-state index is 13.3. The summed E-state index contributed by atoms with van der Waals surface area (Å²) >= 11 is 0. The Bertz CT molecular complexity index is 1330. The summed E-state index contributed by atoms with van der Waals surface area (Å²) in [5, 5.41) is 9.51. The zero-order chi connectivity index (χ0) is 23.0. The third kappa shape index (κ3) is 4.29. The molecule has 1 amide bonds. The van der Waals surface area contributed by atoms with Gasteiger partial charge in [-0.15, -0.1) is 0 Å². The van der Waals surface area contributed by atoms with Gasteiger partial charge in [0, 0.05) is 36.1 Å². The van der Waals surface area contributed by atoms with Crippen LogP contribution in [0.5, 0.6) is 0 Å². The van der Waals surface area contributed by atoms with Crippen molar-refractivity contribution in [2.45, 2.75) is 19.1 Å². The van der Waals surface area contributed by atoms with Crippen LogP contribution in [-0.4, -0.2) is 44.1 Å². The maximum absolute atomic E-state index is 13.3. The van der Waals surface area contributed by atoms with Crippen LogP contribution >= 0.6 is 0 Å². The number of carbonyl (C=O) groups is 1. The van der Waals surface area contributed by atoms with Gasteiger partial charge < -0.3 is 5.32 Å². The summed E-state index contributed by atoms with van der Waals surface area (Å²) in [6.07, 6.45) is 1.32. The Labute approximate surface area is 186 Å². The Morgan fingerprint density at radius 2 is 1.97 bits per heavy atom. The Morgan fingerprint density at radius 3 is 2.73 bits per heavy atom. The zero-order valence-corrected chi connectivity index (χ0v) is 17.4. The fourth-order valence-corrected chi connectivity index (χ4v) is 3.80. The number of rotatable bonds is 5. The van der Waals surface area contributed by atoms with Gasteiger partial charge >= 0.3 is 6.18 Å². The lowest BCUT2D eigenvalue weighted by Crippen LogP contribution is -2.36. The quantitative estimate of drug-likeness (QED) is 0.466. The van der Waals surface area contributed by atoms with Gasteiger partial charge in [-0.1, -0.05) is 6.07 Å². The van der Waals surface area contributed by atoms with Crippen molar-refractivity contribution in [3.8, 4) is 11.1 Å². The second kappa shape index (κ2) is 8.28. The van der Waals surface area contributed by atoms with Crippen LogP contribution in [0.3, 0.4) is 0 Å². The lowest BCUT2D eigenvalue weighted by molar-refractivity contribution is -0.137. The van der Waals surface area contributed by atoms with Crippen molar-refractivity contribution in [1.82, 2.24) is 25.1 Å². The predicted octanol–water partition coefficient (Wildman–Crippen LogP) is 4.50. The van der Waals surface area contributed by atoms with Gasteiger partial charge in [-0.25, -0.2) is 4.98 Å². The average molecular weight is 452 g/mol. The fraction of sp³-hybridized carbons (Fsp3) is 0.217. The summed E-state index contributed by atoms with van der Waals surface area (Å²) in [5.74, 6) is -1.35. The third-order valence-electron chi connectivity index (χ3n) is 5.61. The molecule has 0 radical (unpaired) electrons. The normalized spacial score (nSPS) is 14.3. The molecular weight excluding hydrogens is 433 g/mol. The number of anilines is 1. The van der Waals surface area contributed by atoms with E-state index in [0.717, 1.165) is 42.4 Å². The number of pyridine rings is 2. The number of halogens is 3. The molecule has 2 N–H and O–H groups in total. The smallest absolute Gasteiger partial charge is 0.305 e. The average Bonchev–Trinajstić information content (AvgIpc) is 3.19. The van der Waals surface area contributed by atoms with Crippen molar-refractivity contribution in [3.05, 3.63) is 71.8 Å². The lowest BCUT2D eigenvalue weighted by Gasteiger charge is -2.30. The third-order valence-corrected chi connectivity index (χ3v) is 5.61. The second-order valence-corrected chi connectivity index (χ2v) is 7.90.